The van der Waals surface area contributed by atoms with E-state index in [1.54, 1.807) is 0 Å². The number of pyridine rings is 1. The van der Waals surface area contributed by atoms with Crippen molar-refractivity contribution in [3.05, 3.63) is 124 Å². The van der Waals surface area contributed by atoms with Gasteiger partial charge in [0.2, 0.25) is 0 Å². The number of hydrogen-bond acceptors (Lipinski definition) is 2. The average molecular weight is 449 g/mol. The summed E-state index contributed by atoms with van der Waals surface area (Å²) in [5.41, 5.74) is 8.90. The Bertz CT molecular complexity index is 1520. The Morgan fingerprint density at radius 3 is 2.55 bits per heavy atom. The van der Waals surface area contributed by atoms with E-state index in [9.17, 15) is 0 Å². The van der Waals surface area contributed by atoms with Crippen molar-refractivity contribution < 1.29 is 0 Å². The van der Waals surface area contributed by atoms with E-state index in [1.165, 1.54) is 33.0 Å². The van der Waals surface area contributed by atoms with Crippen LogP contribution in [0.25, 0.3) is 27.4 Å². The van der Waals surface area contributed by atoms with Crippen LogP contribution in [0.5, 0.6) is 0 Å². The van der Waals surface area contributed by atoms with Crippen molar-refractivity contribution in [2.45, 2.75) is 20.3 Å². The fraction of sp³-hybridized carbons (Fsp3) is 0.100. The minimum absolute atomic E-state index is 0.688. The second-order valence-corrected chi connectivity index (χ2v) is 8.95. The molecule has 1 aromatic heterocycles. The van der Waals surface area contributed by atoms with Crippen molar-refractivity contribution in [1.29, 1.82) is 0 Å². The van der Waals surface area contributed by atoms with E-state index in [4.69, 9.17) is 11.6 Å². The van der Waals surface area contributed by atoms with Crippen molar-refractivity contribution >= 4 is 44.7 Å². The summed E-state index contributed by atoms with van der Waals surface area (Å²) in [6.07, 6.45) is 2.78. The van der Waals surface area contributed by atoms with Crippen LogP contribution in [0.4, 0.5) is 5.69 Å². The summed E-state index contributed by atoms with van der Waals surface area (Å²) in [6.45, 7) is 8.50. The van der Waals surface area contributed by atoms with Gasteiger partial charge in [-0.15, -0.1) is 0 Å². The third-order valence-corrected chi connectivity index (χ3v) is 6.60. The molecule has 0 aliphatic carbocycles. The van der Waals surface area contributed by atoms with E-state index >= 15 is 0 Å². The first-order chi connectivity index (χ1) is 16.0. The lowest BCUT2D eigenvalue weighted by molar-refractivity contribution is 1.20. The molecule has 0 saturated carbocycles. The molecule has 0 amide bonds. The molecule has 162 valence electrons. The molecule has 0 bridgehead atoms. The normalized spacial score (nSPS) is 11.1. The van der Waals surface area contributed by atoms with E-state index in [-0.39, 0.29) is 0 Å². The number of fused-ring (bicyclic) bond motifs is 2. The zero-order valence-electron chi connectivity index (χ0n) is 18.8. The molecule has 4 aromatic carbocycles. The Morgan fingerprint density at radius 1 is 0.879 bits per heavy atom. The predicted octanol–water partition coefficient (Wildman–Crippen LogP) is 8.33. The van der Waals surface area contributed by atoms with Gasteiger partial charge in [-0.2, -0.15) is 0 Å². The van der Waals surface area contributed by atoms with Crippen LogP contribution in [0.2, 0.25) is 5.02 Å². The van der Waals surface area contributed by atoms with Crippen LogP contribution in [0, 0.1) is 13.8 Å². The first-order valence-corrected chi connectivity index (χ1v) is 11.4. The van der Waals surface area contributed by atoms with Crippen molar-refractivity contribution in [2.75, 3.05) is 5.32 Å². The van der Waals surface area contributed by atoms with Gasteiger partial charge >= 0.3 is 0 Å². The number of nitrogens with zero attached hydrogens (tertiary/aromatic N) is 1. The monoisotopic (exact) mass is 448 g/mol. The van der Waals surface area contributed by atoms with Gasteiger partial charge in [0.1, 0.15) is 0 Å². The van der Waals surface area contributed by atoms with E-state index in [0.29, 0.717) is 5.02 Å². The van der Waals surface area contributed by atoms with Gasteiger partial charge in [0, 0.05) is 38.9 Å². The van der Waals surface area contributed by atoms with Crippen LogP contribution in [0.3, 0.4) is 0 Å². The summed E-state index contributed by atoms with van der Waals surface area (Å²) in [6, 6.07) is 27.3. The largest absolute Gasteiger partial charge is 0.355 e. The predicted molar refractivity (Wildman–Crippen MR) is 142 cm³/mol. The summed E-state index contributed by atoms with van der Waals surface area (Å²) in [4.78, 5) is 4.58. The van der Waals surface area contributed by atoms with E-state index in [1.807, 2.05) is 30.5 Å². The molecule has 1 N–H and O–H groups in total. The highest BCUT2D eigenvalue weighted by atomic mass is 35.5. The van der Waals surface area contributed by atoms with Gasteiger partial charge in [-0.25, -0.2) is 0 Å². The number of anilines is 1. The molecule has 0 saturated heterocycles. The number of benzene rings is 4. The van der Waals surface area contributed by atoms with Gasteiger partial charge in [-0.05, 0) is 78.2 Å². The summed E-state index contributed by atoms with van der Waals surface area (Å²) < 4.78 is 0. The van der Waals surface area contributed by atoms with E-state index in [0.717, 1.165) is 34.3 Å². The summed E-state index contributed by atoms with van der Waals surface area (Å²) >= 11 is 6.36. The van der Waals surface area contributed by atoms with Gasteiger partial charge in [0.25, 0.3) is 0 Å². The van der Waals surface area contributed by atoms with E-state index in [2.05, 4.69) is 85.3 Å². The number of aromatic nitrogens is 1. The molecule has 3 heteroatoms. The summed E-state index contributed by atoms with van der Waals surface area (Å²) in [7, 11) is 0. The Balaban J connectivity index is 1.47. The maximum Gasteiger partial charge on any atom is 0.0707 e. The zero-order chi connectivity index (χ0) is 22.9. The van der Waals surface area contributed by atoms with Crippen LogP contribution in [-0.4, -0.2) is 4.98 Å². The molecule has 33 heavy (non-hydrogen) atoms. The quantitative estimate of drug-likeness (QED) is 0.292. The molecule has 0 radical (unpaired) electrons. The average Bonchev–Trinajstić information content (AvgIpc) is 2.80. The minimum atomic E-state index is 0.688. The molecular weight excluding hydrogens is 424 g/mol. The third kappa shape index (κ3) is 4.22. The molecule has 2 nitrogen and oxygen atoms in total. The maximum absolute atomic E-state index is 6.36. The van der Waals surface area contributed by atoms with Crippen LogP contribution >= 0.6 is 11.6 Å². The molecule has 0 unspecified atom stereocenters. The molecular formula is C30H25ClN2. The lowest BCUT2D eigenvalue weighted by Gasteiger charge is -2.14. The van der Waals surface area contributed by atoms with Crippen LogP contribution in [0.1, 0.15) is 27.8 Å². The topological polar surface area (TPSA) is 24.9 Å². The van der Waals surface area contributed by atoms with E-state index < -0.39 is 0 Å². The molecule has 0 fully saturated rings. The Hall–Kier alpha value is -3.62. The number of hydrogen-bond donors (Lipinski definition) is 1. The fourth-order valence-electron chi connectivity index (χ4n) is 4.32. The zero-order valence-corrected chi connectivity index (χ0v) is 19.6. The highest BCUT2D eigenvalue weighted by Crippen LogP contribution is 2.30. The molecule has 1 heterocycles. The summed E-state index contributed by atoms with van der Waals surface area (Å²) in [5.74, 6) is 0. The van der Waals surface area contributed by atoms with Crippen LogP contribution in [0.15, 0.2) is 91.6 Å². The first-order valence-electron chi connectivity index (χ1n) is 11.1. The third-order valence-electron chi connectivity index (χ3n) is 6.27. The molecule has 5 rings (SSSR count). The number of rotatable bonds is 5. The van der Waals surface area contributed by atoms with Crippen molar-refractivity contribution in [2.24, 2.45) is 0 Å². The highest BCUT2D eigenvalue weighted by molar-refractivity contribution is 6.32. The Morgan fingerprint density at radius 2 is 1.70 bits per heavy atom. The number of halogens is 1. The Labute approximate surface area is 199 Å². The molecule has 0 atom stereocenters. The van der Waals surface area contributed by atoms with Crippen LogP contribution in [-0.2, 0) is 6.42 Å². The minimum Gasteiger partial charge on any atom is -0.355 e. The Kier molecular flexibility index (Phi) is 5.62. The lowest BCUT2D eigenvalue weighted by Crippen LogP contribution is -1.99. The second-order valence-electron chi connectivity index (χ2n) is 8.54. The lowest BCUT2D eigenvalue weighted by atomic mass is 9.96. The molecule has 0 spiro atoms. The highest BCUT2D eigenvalue weighted by Gasteiger charge is 2.09. The fourth-order valence-corrected chi connectivity index (χ4v) is 4.57. The van der Waals surface area contributed by atoms with Gasteiger partial charge in [-0.3, -0.25) is 4.98 Å². The first kappa shape index (κ1) is 21.2. The SMILES string of the molecule is C=C(Nc1cccc2cc(Cc3ccnc4cc(C)c(C)cc34)ccc12)c1ccccc1Cl. The van der Waals surface area contributed by atoms with Crippen molar-refractivity contribution in [3.8, 4) is 0 Å². The van der Waals surface area contributed by atoms with Gasteiger partial charge in [0.15, 0.2) is 0 Å². The van der Waals surface area contributed by atoms with Crippen molar-refractivity contribution in [3.63, 3.8) is 0 Å². The maximum atomic E-state index is 6.36. The van der Waals surface area contributed by atoms with Gasteiger partial charge < -0.3 is 5.32 Å². The van der Waals surface area contributed by atoms with Gasteiger partial charge in [-0.1, -0.05) is 66.7 Å². The molecule has 5 aromatic rings. The molecule has 0 aliphatic heterocycles. The molecule has 0 aliphatic rings. The van der Waals surface area contributed by atoms with Crippen molar-refractivity contribution in [1.82, 2.24) is 4.98 Å². The summed E-state index contributed by atoms with van der Waals surface area (Å²) in [5, 5.41) is 7.72. The standard InChI is InChI=1S/C30H25ClN2/c1-19-15-27-24(13-14-32-30(27)16-20(19)2)18-22-11-12-26-23(17-22)7-6-10-29(26)33-21(3)25-8-4-5-9-28(25)31/h4-17,33H,3,18H2,1-2H3. The number of nitrogens with one attached hydrogen (secondary N) is 1. The smallest absolute Gasteiger partial charge is 0.0707 e. The van der Waals surface area contributed by atoms with Crippen LogP contribution < -0.4 is 5.32 Å². The second kappa shape index (κ2) is 8.73. The number of aryl methyl sites for hydroxylation is 2. The van der Waals surface area contributed by atoms with Gasteiger partial charge in [0.05, 0.1) is 5.52 Å².